The van der Waals surface area contributed by atoms with Gasteiger partial charge in [0.05, 0.1) is 7.11 Å². The second-order valence-electron chi connectivity index (χ2n) is 2.61. The molecule has 0 N–H and O–H groups in total. The van der Waals surface area contributed by atoms with Crippen LogP contribution in [-0.2, 0) is 4.74 Å². The zero-order valence-corrected chi connectivity index (χ0v) is 8.32. The Morgan fingerprint density at radius 2 is 2.36 bits per heavy atom. The SMILES string of the molecule is CCOCC(=O)c1ncccc1OC. The summed E-state index contributed by atoms with van der Waals surface area (Å²) in [6, 6.07) is 3.42. The molecule has 1 aromatic rings. The van der Waals surface area contributed by atoms with Crippen molar-refractivity contribution in [2.75, 3.05) is 20.3 Å². The van der Waals surface area contributed by atoms with Crippen molar-refractivity contribution in [2.24, 2.45) is 0 Å². The maximum Gasteiger partial charge on any atom is 0.210 e. The summed E-state index contributed by atoms with van der Waals surface area (Å²) >= 11 is 0. The van der Waals surface area contributed by atoms with Gasteiger partial charge < -0.3 is 9.47 Å². The highest BCUT2D eigenvalue weighted by molar-refractivity contribution is 5.97. The number of aromatic nitrogens is 1. The Morgan fingerprint density at radius 1 is 1.57 bits per heavy atom. The highest BCUT2D eigenvalue weighted by atomic mass is 16.5. The quantitative estimate of drug-likeness (QED) is 0.664. The smallest absolute Gasteiger partial charge is 0.210 e. The van der Waals surface area contributed by atoms with E-state index in [4.69, 9.17) is 9.47 Å². The van der Waals surface area contributed by atoms with Crippen molar-refractivity contribution in [3.8, 4) is 5.75 Å². The molecule has 76 valence electrons. The minimum atomic E-state index is -0.163. The fourth-order valence-corrected chi connectivity index (χ4v) is 1.03. The largest absolute Gasteiger partial charge is 0.494 e. The number of carbonyl (C=O) groups excluding carboxylic acids is 1. The van der Waals surface area contributed by atoms with Gasteiger partial charge in [0.25, 0.3) is 0 Å². The Hall–Kier alpha value is -1.42. The summed E-state index contributed by atoms with van der Waals surface area (Å²) in [5.41, 5.74) is 0.323. The summed E-state index contributed by atoms with van der Waals surface area (Å²) in [4.78, 5) is 15.5. The molecule has 1 rings (SSSR count). The van der Waals surface area contributed by atoms with Crippen molar-refractivity contribution in [3.63, 3.8) is 0 Å². The molecule has 1 heterocycles. The van der Waals surface area contributed by atoms with Gasteiger partial charge in [0.1, 0.15) is 12.4 Å². The third kappa shape index (κ3) is 2.53. The molecule has 4 heteroatoms. The fourth-order valence-electron chi connectivity index (χ4n) is 1.03. The van der Waals surface area contributed by atoms with Crippen molar-refractivity contribution in [1.82, 2.24) is 4.98 Å². The molecule has 1 aromatic heterocycles. The molecule has 0 radical (unpaired) electrons. The van der Waals surface area contributed by atoms with Crippen LogP contribution in [-0.4, -0.2) is 31.1 Å². The van der Waals surface area contributed by atoms with Gasteiger partial charge in [-0.15, -0.1) is 0 Å². The van der Waals surface area contributed by atoms with E-state index < -0.39 is 0 Å². The minimum Gasteiger partial charge on any atom is -0.494 e. The Morgan fingerprint density at radius 3 is 3.00 bits per heavy atom. The van der Waals surface area contributed by atoms with Gasteiger partial charge in [-0.05, 0) is 19.1 Å². The Bertz CT molecular complexity index is 312. The van der Waals surface area contributed by atoms with E-state index in [1.54, 1.807) is 18.3 Å². The van der Waals surface area contributed by atoms with Crippen LogP contribution in [0.25, 0.3) is 0 Å². The normalized spacial score (nSPS) is 9.86. The number of ketones is 1. The lowest BCUT2D eigenvalue weighted by Gasteiger charge is -2.05. The average molecular weight is 195 g/mol. The molecule has 0 atom stereocenters. The lowest BCUT2D eigenvalue weighted by Crippen LogP contribution is -2.12. The van der Waals surface area contributed by atoms with Crippen molar-refractivity contribution < 1.29 is 14.3 Å². The van der Waals surface area contributed by atoms with Crippen molar-refractivity contribution in [2.45, 2.75) is 6.92 Å². The molecule has 0 saturated carbocycles. The zero-order valence-electron chi connectivity index (χ0n) is 8.32. The summed E-state index contributed by atoms with van der Waals surface area (Å²) in [5, 5.41) is 0. The van der Waals surface area contributed by atoms with Crippen LogP contribution in [0.5, 0.6) is 5.75 Å². The van der Waals surface area contributed by atoms with Gasteiger partial charge in [0, 0.05) is 12.8 Å². The molecule has 0 aromatic carbocycles. The van der Waals surface area contributed by atoms with Crippen LogP contribution in [0.4, 0.5) is 0 Å². The maximum atomic E-state index is 11.5. The average Bonchev–Trinajstić information content (AvgIpc) is 2.25. The summed E-state index contributed by atoms with van der Waals surface area (Å²) in [7, 11) is 1.51. The molecule has 0 bridgehead atoms. The zero-order chi connectivity index (χ0) is 10.4. The first-order chi connectivity index (χ1) is 6.79. The van der Waals surface area contributed by atoms with Gasteiger partial charge in [0.15, 0.2) is 5.69 Å². The summed E-state index contributed by atoms with van der Waals surface area (Å²) in [6.07, 6.45) is 1.56. The number of carbonyl (C=O) groups is 1. The molecule has 0 aliphatic heterocycles. The van der Waals surface area contributed by atoms with E-state index in [0.29, 0.717) is 18.1 Å². The monoisotopic (exact) mass is 195 g/mol. The van der Waals surface area contributed by atoms with E-state index in [0.717, 1.165) is 0 Å². The van der Waals surface area contributed by atoms with Crippen molar-refractivity contribution in [3.05, 3.63) is 24.0 Å². The van der Waals surface area contributed by atoms with Crippen molar-refractivity contribution in [1.29, 1.82) is 0 Å². The molecule has 4 nitrogen and oxygen atoms in total. The first kappa shape index (κ1) is 10.7. The molecule has 0 aliphatic carbocycles. The summed E-state index contributed by atoms with van der Waals surface area (Å²) in [5.74, 6) is 0.321. The lowest BCUT2D eigenvalue weighted by molar-refractivity contribution is 0.0775. The second kappa shape index (κ2) is 5.34. The van der Waals surface area contributed by atoms with E-state index >= 15 is 0 Å². The van der Waals surface area contributed by atoms with Gasteiger partial charge in [-0.3, -0.25) is 4.79 Å². The first-order valence-corrected chi connectivity index (χ1v) is 4.39. The first-order valence-electron chi connectivity index (χ1n) is 4.39. The number of Topliss-reactive ketones (excluding diaryl/α,β-unsaturated/α-hetero) is 1. The predicted molar refractivity (Wildman–Crippen MR) is 51.6 cm³/mol. The van der Waals surface area contributed by atoms with E-state index in [1.807, 2.05) is 6.92 Å². The van der Waals surface area contributed by atoms with Crippen LogP contribution in [0, 0.1) is 0 Å². The number of hydrogen-bond acceptors (Lipinski definition) is 4. The molecular formula is C10H13NO3. The molecule has 0 saturated heterocycles. The highest BCUT2D eigenvalue weighted by Gasteiger charge is 2.12. The third-order valence-corrected chi connectivity index (χ3v) is 1.69. The van der Waals surface area contributed by atoms with Crippen LogP contribution in [0.1, 0.15) is 17.4 Å². The maximum absolute atomic E-state index is 11.5. The molecule has 0 aliphatic rings. The van der Waals surface area contributed by atoms with Gasteiger partial charge in [-0.25, -0.2) is 4.98 Å². The molecule has 0 spiro atoms. The predicted octanol–water partition coefficient (Wildman–Crippen LogP) is 1.31. The van der Waals surface area contributed by atoms with Crippen LogP contribution in [0.3, 0.4) is 0 Å². The number of nitrogens with zero attached hydrogens (tertiary/aromatic N) is 1. The summed E-state index contributed by atoms with van der Waals surface area (Å²) in [6.45, 7) is 2.40. The molecule has 0 unspecified atom stereocenters. The van der Waals surface area contributed by atoms with Gasteiger partial charge in [-0.2, -0.15) is 0 Å². The molecule has 14 heavy (non-hydrogen) atoms. The highest BCUT2D eigenvalue weighted by Crippen LogP contribution is 2.14. The Labute approximate surface area is 82.9 Å². The van der Waals surface area contributed by atoms with Crippen LogP contribution < -0.4 is 4.74 Å². The number of rotatable bonds is 5. The number of methoxy groups -OCH3 is 1. The fraction of sp³-hybridized carbons (Fsp3) is 0.400. The number of pyridine rings is 1. The Balaban J connectivity index is 2.78. The minimum absolute atomic E-state index is 0.0455. The molecule has 0 fully saturated rings. The topological polar surface area (TPSA) is 48.4 Å². The third-order valence-electron chi connectivity index (χ3n) is 1.69. The second-order valence-corrected chi connectivity index (χ2v) is 2.61. The van der Waals surface area contributed by atoms with E-state index in [1.165, 1.54) is 7.11 Å². The Kier molecular flexibility index (Phi) is 4.07. The summed E-state index contributed by atoms with van der Waals surface area (Å²) < 4.78 is 10.0. The number of hydrogen-bond donors (Lipinski definition) is 0. The van der Waals surface area contributed by atoms with Gasteiger partial charge >= 0.3 is 0 Å². The van der Waals surface area contributed by atoms with Gasteiger partial charge in [-0.1, -0.05) is 0 Å². The molecule has 0 amide bonds. The van der Waals surface area contributed by atoms with Gasteiger partial charge in [0.2, 0.25) is 5.78 Å². The van der Waals surface area contributed by atoms with Crippen LogP contribution in [0.15, 0.2) is 18.3 Å². The van der Waals surface area contributed by atoms with Crippen LogP contribution in [0.2, 0.25) is 0 Å². The van der Waals surface area contributed by atoms with E-state index in [2.05, 4.69) is 4.98 Å². The van der Waals surface area contributed by atoms with E-state index in [-0.39, 0.29) is 12.4 Å². The standard InChI is InChI=1S/C10H13NO3/c1-3-14-7-8(12)10-9(13-2)5-4-6-11-10/h4-6H,3,7H2,1-2H3. The lowest BCUT2D eigenvalue weighted by atomic mass is 10.2. The van der Waals surface area contributed by atoms with E-state index in [9.17, 15) is 4.79 Å². The molecular weight excluding hydrogens is 182 g/mol. The van der Waals surface area contributed by atoms with Crippen molar-refractivity contribution >= 4 is 5.78 Å². The van der Waals surface area contributed by atoms with Crippen LogP contribution >= 0.6 is 0 Å². The number of ether oxygens (including phenoxy) is 2.